The van der Waals surface area contributed by atoms with E-state index in [0.717, 1.165) is 54.3 Å². The number of carbonyl (C=O) groups is 2. The fourth-order valence-electron chi connectivity index (χ4n) is 4.54. The monoisotopic (exact) mass is 425 g/mol. The van der Waals surface area contributed by atoms with Crippen molar-refractivity contribution in [1.29, 1.82) is 0 Å². The first kappa shape index (κ1) is 21.1. The number of carbonyl (C=O) groups excluding carboxylic acids is 2. The topological polar surface area (TPSA) is 86.6 Å². The quantitative estimate of drug-likeness (QED) is 0.801. The number of piperidine rings is 1. The third kappa shape index (κ3) is 4.35. The summed E-state index contributed by atoms with van der Waals surface area (Å²) in [6.45, 7) is 6.36. The molecule has 2 aromatic rings. The van der Waals surface area contributed by atoms with Gasteiger partial charge in [-0.25, -0.2) is 9.59 Å². The highest BCUT2D eigenvalue weighted by Crippen LogP contribution is 2.32. The number of amides is 4. The van der Waals surface area contributed by atoms with E-state index in [-0.39, 0.29) is 18.1 Å². The van der Waals surface area contributed by atoms with E-state index < -0.39 is 0 Å². The van der Waals surface area contributed by atoms with E-state index in [1.165, 1.54) is 0 Å². The predicted molar refractivity (Wildman–Crippen MR) is 118 cm³/mol. The van der Waals surface area contributed by atoms with Crippen LogP contribution in [0.15, 0.2) is 18.2 Å². The zero-order chi connectivity index (χ0) is 22.1. The minimum Gasteiger partial charge on any atom is -0.331 e. The number of anilines is 1. The lowest BCUT2D eigenvalue weighted by Crippen LogP contribution is -2.46. The van der Waals surface area contributed by atoms with Crippen molar-refractivity contribution in [3.05, 3.63) is 41.0 Å². The molecule has 0 bridgehead atoms. The van der Waals surface area contributed by atoms with Crippen LogP contribution in [0.5, 0.6) is 0 Å². The van der Waals surface area contributed by atoms with Gasteiger partial charge in [0, 0.05) is 39.4 Å². The highest BCUT2D eigenvalue weighted by molar-refractivity contribution is 5.89. The van der Waals surface area contributed by atoms with Crippen molar-refractivity contribution in [2.24, 2.45) is 0 Å². The summed E-state index contributed by atoms with van der Waals surface area (Å²) >= 11 is 0. The van der Waals surface area contributed by atoms with Crippen LogP contribution in [-0.4, -0.2) is 68.7 Å². The van der Waals surface area contributed by atoms with Crippen LogP contribution in [-0.2, 0) is 13.1 Å². The number of aryl methyl sites for hydroxylation is 2. The van der Waals surface area contributed by atoms with E-state index in [4.69, 9.17) is 0 Å². The van der Waals surface area contributed by atoms with Gasteiger partial charge < -0.3 is 24.6 Å². The van der Waals surface area contributed by atoms with Crippen LogP contribution in [0.4, 0.5) is 15.3 Å². The summed E-state index contributed by atoms with van der Waals surface area (Å²) < 4.78 is 2.09. The Morgan fingerprint density at radius 3 is 2.48 bits per heavy atom. The summed E-state index contributed by atoms with van der Waals surface area (Å²) in [5, 5.41) is 11.8. The Labute approximate surface area is 183 Å². The number of likely N-dealkylation sites (tertiary alicyclic amines) is 1. The molecular weight excluding hydrogens is 394 g/mol. The second-order valence-electron chi connectivity index (χ2n) is 8.74. The van der Waals surface area contributed by atoms with Crippen molar-refractivity contribution in [2.45, 2.75) is 52.2 Å². The van der Waals surface area contributed by atoms with Gasteiger partial charge in [0.1, 0.15) is 0 Å². The first-order valence-corrected chi connectivity index (χ1v) is 10.9. The molecular formula is C22H31N7O2. The van der Waals surface area contributed by atoms with Crippen molar-refractivity contribution in [2.75, 3.05) is 32.5 Å². The molecule has 1 fully saturated rings. The van der Waals surface area contributed by atoms with Gasteiger partial charge in [-0.1, -0.05) is 6.07 Å². The van der Waals surface area contributed by atoms with Gasteiger partial charge in [-0.15, -0.1) is 10.2 Å². The van der Waals surface area contributed by atoms with Crippen LogP contribution in [0.3, 0.4) is 0 Å². The summed E-state index contributed by atoms with van der Waals surface area (Å²) in [4.78, 5) is 30.8. The number of hydrogen-bond donors (Lipinski definition) is 1. The minimum absolute atomic E-state index is 0.00677. The van der Waals surface area contributed by atoms with E-state index in [9.17, 15) is 9.59 Å². The zero-order valence-electron chi connectivity index (χ0n) is 18.8. The molecule has 1 aromatic carbocycles. The Balaban J connectivity index is 1.49. The molecule has 1 saturated heterocycles. The Hall–Kier alpha value is -3.10. The smallest absolute Gasteiger partial charge is 0.322 e. The molecule has 4 rings (SSSR count). The number of urea groups is 2. The Kier molecular flexibility index (Phi) is 5.84. The van der Waals surface area contributed by atoms with Crippen molar-refractivity contribution >= 4 is 17.7 Å². The SMILES string of the molecule is Cc1cc(C)cc(NC(=O)N2CCn3c(nnc3C3CCCCN3C(=O)N(C)C)C2)c1. The third-order valence-corrected chi connectivity index (χ3v) is 5.97. The second kappa shape index (κ2) is 8.56. The normalized spacial score (nSPS) is 18.5. The average Bonchev–Trinajstić information content (AvgIpc) is 3.15. The lowest BCUT2D eigenvalue weighted by molar-refractivity contribution is 0.122. The molecule has 4 amide bonds. The summed E-state index contributed by atoms with van der Waals surface area (Å²) in [7, 11) is 3.55. The van der Waals surface area contributed by atoms with Crippen molar-refractivity contribution in [1.82, 2.24) is 29.5 Å². The second-order valence-corrected chi connectivity index (χ2v) is 8.74. The van der Waals surface area contributed by atoms with Crippen LogP contribution in [0.1, 0.15) is 48.1 Å². The van der Waals surface area contributed by atoms with E-state index in [2.05, 4.69) is 26.1 Å². The van der Waals surface area contributed by atoms with Gasteiger partial charge in [0.05, 0.1) is 12.6 Å². The van der Waals surface area contributed by atoms with Crippen LogP contribution < -0.4 is 5.32 Å². The number of aromatic nitrogens is 3. The van der Waals surface area contributed by atoms with E-state index in [1.54, 1.807) is 23.9 Å². The van der Waals surface area contributed by atoms with Gasteiger partial charge in [0.2, 0.25) is 0 Å². The van der Waals surface area contributed by atoms with Crippen LogP contribution >= 0.6 is 0 Å². The molecule has 2 aliphatic rings. The molecule has 0 aliphatic carbocycles. The Morgan fingerprint density at radius 2 is 1.77 bits per heavy atom. The molecule has 9 nitrogen and oxygen atoms in total. The van der Waals surface area contributed by atoms with E-state index >= 15 is 0 Å². The first-order valence-electron chi connectivity index (χ1n) is 10.9. The van der Waals surface area contributed by atoms with Gasteiger partial charge >= 0.3 is 12.1 Å². The Bertz CT molecular complexity index is 964. The summed E-state index contributed by atoms with van der Waals surface area (Å²) in [6.07, 6.45) is 2.95. The van der Waals surface area contributed by atoms with Crippen molar-refractivity contribution < 1.29 is 9.59 Å². The van der Waals surface area contributed by atoms with E-state index in [0.29, 0.717) is 19.6 Å². The molecule has 0 saturated carbocycles. The molecule has 2 aliphatic heterocycles. The maximum Gasteiger partial charge on any atom is 0.322 e. The highest BCUT2D eigenvalue weighted by Gasteiger charge is 2.35. The highest BCUT2D eigenvalue weighted by atomic mass is 16.2. The molecule has 0 spiro atoms. The number of rotatable bonds is 2. The number of nitrogens with zero attached hydrogens (tertiary/aromatic N) is 6. The number of benzene rings is 1. The molecule has 1 atom stereocenters. The maximum atomic E-state index is 12.8. The largest absolute Gasteiger partial charge is 0.331 e. The number of nitrogens with one attached hydrogen (secondary N) is 1. The predicted octanol–water partition coefficient (Wildman–Crippen LogP) is 3.15. The van der Waals surface area contributed by atoms with Crippen molar-refractivity contribution in [3.63, 3.8) is 0 Å². The van der Waals surface area contributed by atoms with E-state index in [1.807, 2.05) is 30.9 Å². The fraction of sp³-hybridized carbons (Fsp3) is 0.545. The standard InChI is InChI=1S/C22H31N7O2/c1-15-11-16(2)13-17(12-15)23-21(30)27-9-10-29-19(14-27)24-25-20(29)18-7-5-6-8-28(18)22(31)26(3)4/h11-13,18H,5-10,14H2,1-4H3,(H,23,30). The maximum absolute atomic E-state index is 12.8. The number of fused-ring (bicyclic) bond motifs is 1. The van der Waals surface area contributed by atoms with Crippen molar-refractivity contribution in [3.8, 4) is 0 Å². The third-order valence-electron chi connectivity index (χ3n) is 5.97. The lowest BCUT2D eigenvalue weighted by Gasteiger charge is -2.37. The summed E-state index contributed by atoms with van der Waals surface area (Å²) in [6, 6.07) is 5.82. The molecule has 1 unspecified atom stereocenters. The zero-order valence-corrected chi connectivity index (χ0v) is 18.8. The molecule has 31 heavy (non-hydrogen) atoms. The number of hydrogen-bond acceptors (Lipinski definition) is 4. The molecule has 166 valence electrons. The average molecular weight is 426 g/mol. The van der Waals surface area contributed by atoms with Gasteiger partial charge in [-0.3, -0.25) is 0 Å². The summed E-state index contributed by atoms with van der Waals surface area (Å²) in [5.41, 5.74) is 3.03. The Morgan fingerprint density at radius 1 is 1.03 bits per heavy atom. The van der Waals surface area contributed by atoms with Crippen LogP contribution in [0.25, 0.3) is 0 Å². The molecule has 0 radical (unpaired) electrons. The molecule has 3 heterocycles. The summed E-state index contributed by atoms with van der Waals surface area (Å²) in [5.74, 6) is 1.60. The fourth-order valence-corrected chi connectivity index (χ4v) is 4.54. The van der Waals surface area contributed by atoms with Crippen LogP contribution in [0.2, 0.25) is 0 Å². The van der Waals surface area contributed by atoms with Crippen LogP contribution in [0, 0.1) is 13.8 Å². The minimum atomic E-state index is -0.136. The lowest BCUT2D eigenvalue weighted by atomic mass is 10.0. The molecule has 1 N–H and O–H groups in total. The van der Waals surface area contributed by atoms with Gasteiger partial charge in [-0.05, 0) is 56.4 Å². The first-order chi connectivity index (χ1) is 14.8. The molecule has 1 aromatic heterocycles. The molecule has 9 heteroatoms. The van der Waals surface area contributed by atoms with Gasteiger partial charge in [0.15, 0.2) is 11.6 Å². The van der Waals surface area contributed by atoms with Gasteiger partial charge in [0.25, 0.3) is 0 Å². The van der Waals surface area contributed by atoms with Gasteiger partial charge in [-0.2, -0.15) is 0 Å².